The van der Waals surface area contributed by atoms with Gasteiger partial charge in [-0.1, -0.05) is 39.1 Å². The van der Waals surface area contributed by atoms with Gasteiger partial charge >= 0.3 is 0 Å². The highest BCUT2D eigenvalue weighted by Crippen LogP contribution is 2.33. The molecule has 72 valence electrons. The van der Waals surface area contributed by atoms with Gasteiger partial charge in [-0.3, -0.25) is 4.98 Å². The normalized spacial score (nSPS) is 10.9. The van der Waals surface area contributed by atoms with Gasteiger partial charge in [-0.25, -0.2) is 0 Å². The maximum atomic E-state index is 6.14. The van der Waals surface area contributed by atoms with Gasteiger partial charge in [0, 0.05) is 16.1 Å². The third-order valence-corrected chi connectivity index (χ3v) is 4.07. The van der Waals surface area contributed by atoms with Gasteiger partial charge in [-0.05, 0) is 34.7 Å². The summed E-state index contributed by atoms with van der Waals surface area (Å²) in [6.45, 7) is 0. The molecule has 0 atom stereocenters. The van der Waals surface area contributed by atoms with Crippen molar-refractivity contribution >= 4 is 72.6 Å². The lowest BCUT2D eigenvalue weighted by atomic mass is 10.2. The number of halogens is 4. The molecule has 0 amide bonds. The van der Waals surface area contributed by atoms with Crippen LogP contribution in [0.5, 0.6) is 0 Å². The predicted octanol–water partition coefficient (Wildman–Crippen LogP) is 4.91. The molecule has 1 aromatic carbocycles. The maximum absolute atomic E-state index is 6.14. The molecular formula is C9H3BrCl2IN. The SMILES string of the molecule is Clc1c(I)cnc2c(Cl)cc(Br)cc12. The molecule has 0 N–H and O–H groups in total. The highest BCUT2D eigenvalue weighted by molar-refractivity contribution is 14.1. The third-order valence-electron chi connectivity index (χ3n) is 1.78. The molecule has 5 heteroatoms. The Morgan fingerprint density at radius 1 is 1.29 bits per heavy atom. The molecule has 0 spiro atoms. The Morgan fingerprint density at radius 2 is 2.00 bits per heavy atom. The molecule has 1 nitrogen and oxygen atoms in total. The van der Waals surface area contributed by atoms with E-state index in [2.05, 4.69) is 43.5 Å². The largest absolute Gasteiger partial charge is 0.253 e. The highest BCUT2D eigenvalue weighted by Gasteiger charge is 2.08. The predicted molar refractivity (Wildman–Crippen MR) is 72.2 cm³/mol. The number of pyridine rings is 1. The van der Waals surface area contributed by atoms with Crippen LogP contribution < -0.4 is 0 Å². The fourth-order valence-electron chi connectivity index (χ4n) is 1.17. The topological polar surface area (TPSA) is 12.9 Å². The summed E-state index contributed by atoms with van der Waals surface area (Å²) in [4.78, 5) is 4.24. The maximum Gasteiger partial charge on any atom is 0.0904 e. The molecule has 0 saturated heterocycles. The molecule has 14 heavy (non-hydrogen) atoms. The summed E-state index contributed by atoms with van der Waals surface area (Å²) in [5, 5.41) is 2.17. The number of nitrogens with zero attached hydrogens (tertiary/aromatic N) is 1. The second-order valence-corrected chi connectivity index (χ2v) is 5.57. The van der Waals surface area contributed by atoms with E-state index in [1.165, 1.54) is 0 Å². The minimum atomic E-state index is 0.604. The second kappa shape index (κ2) is 4.12. The van der Waals surface area contributed by atoms with Crippen molar-refractivity contribution < 1.29 is 0 Å². The summed E-state index contributed by atoms with van der Waals surface area (Å²) in [5.74, 6) is 0. The van der Waals surface area contributed by atoms with Crippen molar-refractivity contribution in [2.24, 2.45) is 0 Å². The van der Waals surface area contributed by atoms with Crippen LogP contribution in [0, 0.1) is 3.57 Å². The molecule has 0 unspecified atom stereocenters. The molecule has 0 aliphatic rings. The molecule has 0 radical (unpaired) electrons. The number of hydrogen-bond donors (Lipinski definition) is 0. The van der Waals surface area contributed by atoms with E-state index in [-0.39, 0.29) is 0 Å². The third kappa shape index (κ3) is 1.87. The van der Waals surface area contributed by atoms with Crippen molar-refractivity contribution in [3.8, 4) is 0 Å². The Kier molecular flexibility index (Phi) is 3.21. The zero-order valence-electron chi connectivity index (χ0n) is 6.69. The van der Waals surface area contributed by atoms with Crippen molar-refractivity contribution in [1.29, 1.82) is 0 Å². The van der Waals surface area contributed by atoms with Gasteiger partial charge in [0.2, 0.25) is 0 Å². The molecule has 2 aromatic rings. The van der Waals surface area contributed by atoms with Crippen molar-refractivity contribution in [3.63, 3.8) is 0 Å². The van der Waals surface area contributed by atoms with Crippen LogP contribution in [-0.2, 0) is 0 Å². The quantitative estimate of drug-likeness (QED) is 0.571. The second-order valence-electron chi connectivity index (χ2n) is 2.70. The average molecular weight is 403 g/mol. The first-order valence-corrected chi connectivity index (χ1v) is 6.31. The zero-order valence-corrected chi connectivity index (χ0v) is 11.9. The highest BCUT2D eigenvalue weighted by atomic mass is 127. The minimum Gasteiger partial charge on any atom is -0.253 e. The van der Waals surface area contributed by atoms with Crippen LogP contribution in [0.2, 0.25) is 10.0 Å². The first kappa shape index (κ1) is 10.9. The number of rotatable bonds is 0. The van der Waals surface area contributed by atoms with Crippen LogP contribution in [0.3, 0.4) is 0 Å². The van der Waals surface area contributed by atoms with Gasteiger partial charge in [0.05, 0.1) is 19.1 Å². The van der Waals surface area contributed by atoms with Crippen LogP contribution in [0.1, 0.15) is 0 Å². The van der Waals surface area contributed by atoms with Gasteiger partial charge in [0.15, 0.2) is 0 Å². The zero-order chi connectivity index (χ0) is 10.3. The monoisotopic (exact) mass is 401 g/mol. The minimum absolute atomic E-state index is 0.604. The lowest BCUT2D eigenvalue weighted by molar-refractivity contribution is 1.38. The van der Waals surface area contributed by atoms with Crippen molar-refractivity contribution in [1.82, 2.24) is 4.98 Å². The molecular weight excluding hydrogens is 400 g/mol. The summed E-state index contributed by atoms with van der Waals surface area (Å²) in [7, 11) is 0. The molecule has 2 rings (SSSR count). The standard InChI is InChI=1S/C9H3BrCl2IN/c10-4-1-5-8(12)7(13)3-14-9(5)6(11)2-4/h1-3H. The summed E-state index contributed by atoms with van der Waals surface area (Å²) in [6, 6.07) is 3.72. The lowest BCUT2D eigenvalue weighted by Gasteiger charge is -2.04. The van der Waals surface area contributed by atoms with Gasteiger partial charge in [-0.15, -0.1) is 0 Å². The summed E-state index contributed by atoms with van der Waals surface area (Å²) < 4.78 is 1.83. The van der Waals surface area contributed by atoms with Crippen LogP contribution in [0.15, 0.2) is 22.8 Å². The molecule has 0 aliphatic heterocycles. The number of hydrogen-bond acceptors (Lipinski definition) is 1. The Hall–Kier alpha value is 0.420. The first-order chi connectivity index (χ1) is 6.59. The van der Waals surface area contributed by atoms with Gasteiger partial charge in [0.1, 0.15) is 0 Å². The van der Waals surface area contributed by atoms with Gasteiger partial charge < -0.3 is 0 Å². The Balaban J connectivity index is 2.95. The van der Waals surface area contributed by atoms with Gasteiger partial charge in [-0.2, -0.15) is 0 Å². The van der Waals surface area contributed by atoms with Crippen LogP contribution in [0.25, 0.3) is 10.9 Å². The first-order valence-electron chi connectivity index (χ1n) is 3.68. The Bertz CT molecular complexity index is 516. The van der Waals surface area contributed by atoms with Crippen molar-refractivity contribution in [2.45, 2.75) is 0 Å². The van der Waals surface area contributed by atoms with E-state index in [1.807, 2.05) is 6.07 Å². The van der Waals surface area contributed by atoms with Gasteiger partial charge in [0.25, 0.3) is 0 Å². The van der Waals surface area contributed by atoms with Crippen molar-refractivity contribution in [3.05, 3.63) is 36.4 Å². The average Bonchev–Trinajstić information content (AvgIpc) is 2.12. The number of fused-ring (bicyclic) bond motifs is 1. The summed E-state index contributed by atoms with van der Waals surface area (Å²) >= 11 is 17.7. The summed E-state index contributed by atoms with van der Waals surface area (Å²) in [6.07, 6.45) is 1.71. The molecule has 0 fully saturated rings. The number of aromatic nitrogens is 1. The van der Waals surface area contributed by atoms with Crippen LogP contribution in [-0.4, -0.2) is 4.98 Å². The Labute approximate surface area is 113 Å². The smallest absolute Gasteiger partial charge is 0.0904 e. The van der Waals surface area contributed by atoms with E-state index in [4.69, 9.17) is 23.2 Å². The number of benzene rings is 1. The lowest BCUT2D eigenvalue weighted by Crippen LogP contribution is -1.85. The molecule has 0 saturated carbocycles. The molecule has 1 heterocycles. The van der Waals surface area contributed by atoms with E-state index in [1.54, 1.807) is 12.3 Å². The van der Waals surface area contributed by atoms with E-state index in [0.717, 1.165) is 18.9 Å². The summed E-state index contributed by atoms with van der Waals surface area (Å²) in [5.41, 5.74) is 0.736. The van der Waals surface area contributed by atoms with Crippen LogP contribution in [0.4, 0.5) is 0 Å². The molecule has 0 bridgehead atoms. The van der Waals surface area contributed by atoms with E-state index in [9.17, 15) is 0 Å². The Morgan fingerprint density at radius 3 is 2.71 bits per heavy atom. The van der Waals surface area contributed by atoms with E-state index >= 15 is 0 Å². The fraction of sp³-hybridized carbons (Fsp3) is 0. The molecule has 0 aliphatic carbocycles. The molecule has 1 aromatic heterocycles. The van der Waals surface area contributed by atoms with Crippen LogP contribution >= 0.6 is 61.7 Å². The fourth-order valence-corrected chi connectivity index (χ4v) is 2.65. The van der Waals surface area contributed by atoms with Crippen molar-refractivity contribution in [2.75, 3.05) is 0 Å². The van der Waals surface area contributed by atoms with E-state index in [0.29, 0.717) is 10.0 Å². The van der Waals surface area contributed by atoms with E-state index < -0.39 is 0 Å².